The van der Waals surface area contributed by atoms with Crippen LogP contribution in [0, 0.1) is 17.2 Å². The quantitative estimate of drug-likeness (QED) is 0.614. The molecule has 1 saturated heterocycles. The van der Waals surface area contributed by atoms with Crippen LogP contribution in [0.1, 0.15) is 11.1 Å². The third-order valence-electron chi connectivity index (χ3n) is 5.46. The van der Waals surface area contributed by atoms with Crippen LogP contribution < -0.4 is 9.47 Å². The van der Waals surface area contributed by atoms with E-state index >= 15 is 0 Å². The number of nitrogens with zero attached hydrogens (tertiary/aromatic N) is 2. The summed E-state index contributed by atoms with van der Waals surface area (Å²) in [6.07, 6.45) is -4.75. The molecule has 0 bridgehead atoms. The Hall–Kier alpha value is -2.85. The number of ether oxygens (including phenoxy) is 2. The number of aliphatic hydroxyl groups is 2. The Bertz CT molecular complexity index is 1150. The Kier molecular flexibility index (Phi) is 6.90. The summed E-state index contributed by atoms with van der Waals surface area (Å²) in [6.45, 7) is -1.71. The van der Waals surface area contributed by atoms with Crippen molar-refractivity contribution in [2.24, 2.45) is 5.92 Å². The van der Waals surface area contributed by atoms with Gasteiger partial charge < -0.3 is 19.7 Å². The van der Waals surface area contributed by atoms with Crippen LogP contribution in [0.25, 0.3) is 0 Å². The van der Waals surface area contributed by atoms with Crippen LogP contribution >= 0.6 is 0 Å². The Morgan fingerprint density at radius 3 is 2.39 bits per heavy atom. The molecule has 0 aliphatic carbocycles. The predicted molar refractivity (Wildman–Crippen MR) is 109 cm³/mol. The number of hydrogen-bond donors (Lipinski definition) is 2. The first-order chi connectivity index (χ1) is 15.4. The van der Waals surface area contributed by atoms with E-state index in [-0.39, 0.29) is 13.2 Å². The van der Waals surface area contributed by atoms with Crippen molar-refractivity contribution in [3.63, 3.8) is 0 Å². The predicted octanol–water partition coefficient (Wildman–Crippen LogP) is 2.01. The Balaban J connectivity index is 1.83. The van der Waals surface area contributed by atoms with Crippen LogP contribution in [0.3, 0.4) is 0 Å². The monoisotopic (exact) mass is 486 g/mol. The summed E-state index contributed by atoms with van der Waals surface area (Å²) in [5.74, 6) is 0.170. The molecule has 12 heteroatoms. The van der Waals surface area contributed by atoms with Gasteiger partial charge in [-0.25, -0.2) is 8.42 Å². The maximum atomic E-state index is 13.1. The fraction of sp³-hybridized carbons (Fsp3) is 0.381. The van der Waals surface area contributed by atoms with Gasteiger partial charge >= 0.3 is 6.18 Å². The number of hydrogen-bond acceptors (Lipinski definition) is 7. The Morgan fingerprint density at radius 1 is 1.21 bits per heavy atom. The minimum absolute atomic E-state index is 0.145. The number of aliphatic hydroxyl groups excluding tert-OH is 1. The molecule has 1 fully saturated rings. The van der Waals surface area contributed by atoms with Crippen LogP contribution in [-0.4, -0.2) is 62.0 Å². The smallest absolute Gasteiger partial charge is 0.416 e. The second kappa shape index (κ2) is 9.18. The van der Waals surface area contributed by atoms with Crippen LogP contribution in [0.5, 0.6) is 11.5 Å². The molecular weight excluding hydrogens is 465 g/mol. The van der Waals surface area contributed by atoms with Crippen LogP contribution in [0.2, 0.25) is 0 Å². The molecule has 0 aromatic heterocycles. The highest BCUT2D eigenvalue weighted by atomic mass is 32.2. The van der Waals surface area contributed by atoms with Gasteiger partial charge in [0.05, 0.1) is 36.3 Å². The molecule has 0 saturated carbocycles. The summed E-state index contributed by atoms with van der Waals surface area (Å²) >= 11 is 0. The number of sulfonamides is 1. The van der Waals surface area contributed by atoms with E-state index in [2.05, 4.69) is 0 Å². The number of benzene rings is 2. The van der Waals surface area contributed by atoms with Gasteiger partial charge in [0, 0.05) is 19.0 Å². The van der Waals surface area contributed by atoms with Gasteiger partial charge in [-0.3, -0.25) is 0 Å². The van der Waals surface area contributed by atoms with Crippen molar-refractivity contribution in [3.05, 3.63) is 53.6 Å². The molecule has 0 unspecified atom stereocenters. The van der Waals surface area contributed by atoms with Gasteiger partial charge in [0.1, 0.15) is 23.2 Å². The van der Waals surface area contributed by atoms with Crippen molar-refractivity contribution in [2.45, 2.75) is 16.7 Å². The molecule has 0 amide bonds. The molecule has 0 radical (unpaired) electrons. The Labute approximate surface area is 188 Å². The number of rotatable bonds is 7. The van der Waals surface area contributed by atoms with E-state index in [0.717, 1.165) is 10.4 Å². The average molecular weight is 486 g/mol. The molecule has 33 heavy (non-hydrogen) atoms. The minimum atomic E-state index is -4.75. The van der Waals surface area contributed by atoms with Crippen molar-refractivity contribution in [1.82, 2.24) is 4.31 Å². The van der Waals surface area contributed by atoms with Gasteiger partial charge in [-0.2, -0.15) is 22.7 Å². The molecule has 2 atom stereocenters. The van der Waals surface area contributed by atoms with Crippen LogP contribution in [-0.2, 0) is 16.2 Å². The van der Waals surface area contributed by atoms with E-state index in [4.69, 9.17) is 9.47 Å². The van der Waals surface area contributed by atoms with E-state index in [1.165, 1.54) is 13.2 Å². The number of methoxy groups -OCH3 is 1. The molecular formula is C21H21F3N2O6S. The maximum Gasteiger partial charge on any atom is 0.416 e. The molecule has 1 aliphatic heterocycles. The summed E-state index contributed by atoms with van der Waals surface area (Å²) in [4.78, 5) is -0.616. The number of nitriles is 1. The average Bonchev–Trinajstić information content (AvgIpc) is 3.14. The summed E-state index contributed by atoms with van der Waals surface area (Å²) < 4.78 is 76.6. The molecule has 3 rings (SSSR count). The second-order valence-corrected chi connectivity index (χ2v) is 9.47. The minimum Gasteiger partial charge on any atom is -0.497 e. The molecule has 0 spiro atoms. The first-order valence-electron chi connectivity index (χ1n) is 9.66. The lowest BCUT2D eigenvalue weighted by Crippen LogP contribution is -2.44. The summed E-state index contributed by atoms with van der Waals surface area (Å²) in [7, 11) is -2.95. The zero-order valence-corrected chi connectivity index (χ0v) is 18.2. The zero-order chi connectivity index (χ0) is 24.4. The highest BCUT2D eigenvalue weighted by Crippen LogP contribution is 2.36. The van der Waals surface area contributed by atoms with Crippen molar-refractivity contribution in [2.75, 3.05) is 33.4 Å². The molecule has 1 heterocycles. The normalized spacial score (nSPS) is 21.5. The van der Waals surface area contributed by atoms with E-state index in [1.54, 1.807) is 24.3 Å². The summed E-state index contributed by atoms with van der Waals surface area (Å²) in [5, 5.41) is 29.8. The lowest BCUT2D eigenvalue weighted by molar-refractivity contribution is -0.137. The van der Waals surface area contributed by atoms with Gasteiger partial charge in [0.25, 0.3) is 0 Å². The maximum absolute atomic E-state index is 13.1. The molecule has 1 aliphatic rings. The second-order valence-electron chi connectivity index (χ2n) is 7.56. The van der Waals surface area contributed by atoms with Crippen molar-refractivity contribution in [3.8, 4) is 17.6 Å². The van der Waals surface area contributed by atoms with Crippen molar-refractivity contribution in [1.29, 1.82) is 5.26 Å². The standard InChI is InChI=1S/C21H21F3N2O6S/c1-31-17-3-5-18(6-4-17)32-11-16-10-26(12-20(16,28)13-27)33(29,30)19-7-2-15(21(22,23)24)8-14(19)9-25/h2-8,16,27-28H,10-13H2,1H3/t16-,20-/m1/s1. The highest BCUT2D eigenvalue weighted by Gasteiger charge is 2.49. The third kappa shape index (κ3) is 5.06. The van der Waals surface area contributed by atoms with E-state index < -0.39 is 56.9 Å². The first kappa shape index (κ1) is 24.8. The first-order valence-corrected chi connectivity index (χ1v) is 11.1. The summed E-state index contributed by atoms with van der Waals surface area (Å²) in [5.41, 5.74) is -3.68. The highest BCUT2D eigenvalue weighted by molar-refractivity contribution is 7.89. The lowest BCUT2D eigenvalue weighted by atomic mass is 9.92. The van der Waals surface area contributed by atoms with Gasteiger partial charge in [0.15, 0.2) is 0 Å². The van der Waals surface area contributed by atoms with E-state index in [0.29, 0.717) is 23.6 Å². The Morgan fingerprint density at radius 2 is 1.85 bits per heavy atom. The van der Waals surface area contributed by atoms with Gasteiger partial charge in [-0.05, 0) is 42.5 Å². The topological polar surface area (TPSA) is 120 Å². The van der Waals surface area contributed by atoms with Gasteiger partial charge in [-0.15, -0.1) is 0 Å². The molecule has 2 aromatic carbocycles. The van der Waals surface area contributed by atoms with E-state index in [1.807, 2.05) is 0 Å². The number of β-amino-alcohol motifs (C(OH)–C–C–N with tert-alkyl or cyclic N) is 1. The summed E-state index contributed by atoms with van der Waals surface area (Å²) in [6, 6.07) is 9.76. The zero-order valence-electron chi connectivity index (χ0n) is 17.4. The molecule has 2 N–H and O–H groups in total. The number of alkyl halides is 3. The molecule has 178 valence electrons. The largest absolute Gasteiger partial charge is 0.497 e. The van der Waals surface area contributed by atoms with Gasteiger partial charge in [-0.1, -0.05) is 0 Å². The third-order valence-corrected chi connectivity index (χ3v) is 7.33. The van der Waals surface area contributed by atoms with Crippen LogP contribution in [0.4, 0.5) is 13.2 Å². The van der Waals surface area contributed by atoms with Gasteiger partial charge in [0.2, 0.25) is 10.0 Å². The fourth-order valence-corrected chi connectivity index (χ4v) is 5.18. The van der Waals surface area contributed by atoms with Crippen LogP contribution in [0.15, 0.2) is 47.4 Å². The number of halogens is 3. The fourth-order valence-electron chi connectivity index (χ4n) is 3.51. The van der Waals surface area contributed by atoms with Crippen molar-refractivity contribution >= 4 is 10.0 Å². The van der Waals surface area contributed by atoms with E-state index in [9.17, 15) is 37.1 Å². The molecule has 8 nitrogen and oxygen atoms in total. The SMILES string of the molecule is COc1ccc(OC[C@H]2CN(S(=O)(=O)c3ccc(C(F)(F)F)cc3C#N)C[C@@]2(O)CO)cc1. The lowest BCUT2D eigenvalue weighted by Gasteiger charge is -2.26. The molecule has 2 aromatic rings. The van der Waals surface area contributed by atoms with Crippen molar-refractivity contribution < 1.29 is 41.3 Å².